The van der Waals surface area contributed by atoms with Gasteiger partial charge in [0.05, 0.1) is 5.56 Å². The summed E-state index contributed by atoms with van der Waals surface area (Å²) in [5, 5.41) is 9.09. The molecule has 19 heavy (non-hydrogen) atoms. The van der Waals surface area contributed by atoms with E-state index in [-0.39, 0.29) is 0 Å². The Bertz CT molecular complexity index is 570. The van der Waals surface area contributed by atoms with E-state index in [4.69, 9.17) is 5.11 Å². The SMILES string of the molecule is Cc1cc(C(=O)O)c(C)n1CCCc1ccccc1. The number of carbonyl (C=O) groups is 1. The third-order valence-electron chi connectivity index (χ3n) is 3.49. The Morgan fingerprint density at radius 1 is 1.21 bits per heavy atom. The van der Waals surface area contributed by atoms with Crippen LogP contribution in [-0.2, 0) is 13.0 Å². The Kier molecular flexibility index (Phi) is 4.05. The molecule has 0 amide bonds. The normalized spacial score (nSPS) is 10.6. The number of rotatable bonds is 5. The first-order valence-corrected chi connectivity index (χ1v) is 6.53. The highest BCUT2D eigenvalue weighted by Crippen LogP contribution is 2.16. The number of hydrogen-bond acceptors (Lipinski definition) is 1. The summed E-state index contributed by atoms with van der Waals surface area (Å²) >= 11 is 0. The van der Waals surface area contributed by atoms with Crippen LogP contribution in [0.5, 0.6) is 0 Å². The molecule has 3 nitrogen and oxygen atoms in total. The number of carboxylic acids is 1. The van der Waals surface area contributed by atoms with Gasteiger partial charge in [-0.15, -0.1) is 0 Å². The molecule has 0 radical (unpaired) electrons. The van der Waals surface area contributed by atoms with Gasteiger partial charge in [-0.1, -0.05) is 30.3 Å². The minimum absolute atomic E-state index is 0.414. The van der Waals surface area contributed by atoms with Crippen molar-refractivity contribution in [3.05, 3.63) is 58.9 Å². The summed E-state index contributed by atoms with van der Waals surface area (Å²) in [6, 6.07) is 12.1. The van der Waals surface area contributed by atoms with Crippen LogP contribution in [0.2, 0.25) is 0 Å². The van der Waals surface area contributed by atoms with Crippen molar-refractivity contribution in [3.63, 3.8) is 0 Å². The number of aromatic nitrogens is 1. The second-order valence-electron chi connectivity index (χ2n) is 4.83. The summed E-state index contributed by atoms with van der Waals surface area (Å²) in [5.41, 5.74) is 3.60. The fourth-order valence-corrected chi connectivity index (χ4v) is 2.45. The molecule has 2 aromatic rings. The van der Waals surface area contributed by atoms with E-state index >= 15 is 0 Å². The van der Waals surface area contributed by atoms with Gasteiger partial charge in [-0.25, -0.2) is 4.79 Å². The molecule has 100 valence electrons. The lowest BCUT2D eigenvalue weighted by atomic mass is 10.1. The van der Waals surface area contributed by atoms with Crippen LogP contribution in [0.4, 0.5) is 0 Å². The number of aromatic carboxylic acids is 1. The first kappa shape index (κ1) is 13.4. The van der Waals surface area contributed by atoms with Crippen molar-refractivity contribution < 1.29 is 9.90 Å². The van der Waals surface area contributed by atoms with Gasteiger partial charge in [-0.05, 0) is 38.3 Å². The zero-order valence-electron chi connectivity index (χ0n) is 11.4. The van der Waals surface area contributed by atoms with Crippen molar-refractivity contribution in [3.8, 4) is 0 Å². The summed E-state index contributed by atoms with van der Waals surface area (Å²) in [6.45, 7) is 4.70. The topological polar surface area (TPSA) is 42.2 Å². The third-order valence-corrected chi connectivity index (χ3v) is 3.49. The molecule has 1 aromatic heterocycles. The van der Waals surface area contributed by atoms with E-state index in [1.807, 2.05) is 32.0 Å². The smallest absolute Gasteiger partial charge is 0.337 e. The summed E-state index contributed by atoms with van der Waals surface area (Å²) in [7, 11) is 0. The number of hydrogen-bond donors (Lipinski definition) is 1. The van der Waals surface area contributed by atoms with Crippen LogP contribution in [-0.4, -0.2) is 15.6 Å². The molecule has 0 fully saturated rings. The molecule has 0 aliphatic carbocycles. The lowest BCUT2D eigenvalue weighted by Gasteiger charge is -2.09. The fourth-order valence-electron chi connectivity index (χ4n) is 2.45. The minimum Gasteiger partial charge on any atom is -0.478 e. The molecule has 3 heteroatoms. The van der Waals surface area contributed by atoms with E-state index in [0.717, 1.165) is 30.8 Å². The second kappa shape index (κ2) is 5.74. The summed E-state index contributed by atoms with van der Waals surface area (Å²) in [4.78, 5) is 11.1. The van der Waals surface area contributed by atoms with Crippen LogP contribution >= 0.6 is 0 Å². The minimum atomic E-state index is -0.845. The highest BCUT2D eigenvalue weighted by Gasteiger charge is 2.13. The molecule has 1 heterocycles. The maximum Gasteiger partial charge on any atom is 0.337 e. The van der Waals surface area contributed by atoms with Gasteiger partial charge in [-0.2, -0.15) is 0 Å². The molecule has 2 rings (SSSR count). The highest BCUT2D eigenvalue weighted by atomic mass is 16.4. The molecule has 0 bridgehead atoms. The summed E-state index contributed by atoms with van der Waals surface area (Å²) in [6.07, 6.45) is 2.03. The summed E-state index contributed by atoms with van der Waals surface area (Å²) in [5.74, 6) is -0.845. The quantitative estimate of drug-likeness (QED) is 0.891. The molecular weight excluding hydrogens is 238 g/mol. The number of aryl methyl sites for hydroxylation is 2. The van der Waals surface area contributed by atoms with Crippen molar-refractivity contribution in [1.82, 2.24) is 4.57 Å². The van der Waals surface area contributed by atoms with Gasteiger partial charge in [-0.3, -0.25) is 0 Å². The molecule has 1 aromatic carbocycles. The van der Waals surface area contributed by atoms with Gasteiger partial charge < -0.3 is 9.67 Å². The Hall–Kier alpha value is -2.03. The molecule has 0 saturated carbocycles. The van der Waals surface area contributed by atoms with Gasteiger partial charge in [0.2, 0.25) is 0 Å². The van der Waals surface area contributed by atoms with Crippen LogP contribution in [0.15, 0.2) is 36.4 Å². The maximum absolute atomic E-state index is 11.1. The monoisotopic (exact) mass is 257 g/mol. The first-order valence-electron chi connectivity index (χ1n) is 6.53. The Labute approximate surface area is 113 Å². The number of benzene rings is 1. The third kappa shape index (κ3) is 3.05. The average Bonchev–Trinajstić information content (AvgIpc) is 2.68. The van der Waals surface area contributed by atoms with Crippen molar-refractivity contribution >= 4 is 5.97 Å². The number of carboxylic acid groups (broad SMARTS) is 1. The first-order chi connectivity index (χ1) is 9.09. The Morgan fingerprint density at radius 3 is 2.47 bits per heavy atom. The molecule has 0 saturated heterocycles. The lowest BCUT2D eigenvalue weighted by molar-refractivity contribution is 0.0696. The van der Waals surface area contributed by atoms with Crippen LogP contribution < -0.4 is 0 Å². The zero-order chi connectivity index (χ0) is 13.8. The predicted molar refractivity (Wildman–Crippen MR) is 75.6 cm³/mol. The van der Waals surface area contributed by atoms with E-state index in [1.165, 1.54) is 5.56 Å². The molecule has 0 unspecified atom stereocenters. The molecule has 0 atom stereocenters. The molecule has 0 spiro atoms. The van der Waals surface area contributed by atoms with E-state index < -0.39 is 5.97 Å². The van der Waals surface area contributed by atoms with Gasteiger partial charge in [0.1, 0.15) is 0 Å². The number of nitrogens with zero attached hydrogens (tertiary/aromatic N) is 1. The predicted octanol–water partition coefficient (Wildman–Crippen LogP) is 3.44. The zero-order valence-corrected chi connectivity index (χ0v) is 11.4. The van der Waals surface area contributed by atoms with E-state index in [2.05, 4.69) is 16.7 Å². The van der Waals surface area contributed by atoms with Crippen LogP contribution in [0.25, 0.3) is 0 Å². The van der Waals surface area contributed by atoms with E-state index in [9.17, 15) is 4.79 Å². The van der Waals surface area contributed by atoms with Crippen LogP contribution in [0, 0.1) is 13.8 Å². The van der Waals surface area contributed by atoms with Gasteiger partial charge in [0.15, 0.2) is 0 Å². The molecule has 0 aliphatic heterocycles. The lowest BCUT2D eigenvalue weighted by Crippen LogP contribution is -2.05. The Balaban J connectivity index is 2.02. The molecular formula is C16H19NO2. The average molecular weight is 257 g/mol. The van der Waals surface area contributed by atoms with Gasteiger partial charge in [0.25, 0.3) is 0 Å². The molecule has 1 N–H and O–H groups in total. The van der Waals surface area contributed by atoms with Gasteiger partial charge in [0, 0.05) is 17.9 Å². The van der Waals surface area contributed by atoms with Crippen molar-refractivity contribution in [1.29, 1.82) is 0 Å². The Morgan fingerprint density at radius 2 is 1.89 bits per heavy atom. The van der Waals surface area contributed by atoms with E-state index in [1.54, 1.807) is 6.07 Å². The fraction of sp³-hybridized carbons (Fsp3) is 0.312. The standard InChI is InChI=1S/C16H19NO2/c1-12-11-15(16(18)19)13(2)17(12)10-6-9-14-7-4-3-5-8-14/h3-5,7-8,11H,6,9-10H2,1-2H3,(H,18,19). The second-order valence-corrected chi connectivity index (χ2v) is 4.83. The van der Waals surface area contributed by atoms with Crippen LogP contribution in [0.3, 0.4) is 0 Å². The van der Waals surface area contributed by atoms with Gasteiger partial charge >= 0.3 is 5.97 Å². The maximum atomic E-state index is 11.1. The van der Waals surface area contributed by atoms with E-state index in [0.29, 0.717) is 5.56 Å². The van der Waals surface area contributed by atoms with Crippen molar-refractivity contribution in [2.24, 2.45) is 0 Å². The largest absolute Gasteiger partial charge is 0.478 e. The van der Waals surface area contributed by atoms with Crippen LogP contribution in [0.1, 0.15) is 33.7 Å². The van der Waals surface area contributed by atoms with Crippen molar-refractivity contribution in [2.45, 2.75) is 33.2 Å². The summed E-state index contributed by atoms with van der Waals surface area (Å²) < 4.78 is 2.09. The molecule has 0 aliphatic rings. The van der Waals surface area contributed by atoms with Crippen molar-refractivity contribution in [2.75, 3.05) is 0 Å². The highest BCUT2D eigenvalue weighted by molar-refractivity contribution is 5.89.